The molecule has 3 nitrogen and oxygen atoms in total. The Morgan fingerprint density at radius 3 is 2.55 bits per heavy atom. The van der Waals surface area contributed by atoms with Crippen LogP contribution in [-0.2, 0) is 9.53 Å². The maximum absolute atomic E-state index is 11.2. The van der Waals surface area contributed by atoms with E-state index in [9.17, 15) is 9.90 Å². The predicted octanol–water partition coefficient (Wildman–Crippen LogP) is 3.38. The third kappa shape index (κ3) is 10.4. The average Bonchev–Trinajstić information content (AvgIpc) is 2.43. The van der Waals surface area contributed by atoms with Gasteiger partial charge in [-0.3, -0.25) is 4.79 Å². The molecule has 1 N–H and O–H groups in total. The van der Waals surface area contributed by atoms with Gasteiger partial charge in [0.05, 0.1) is 6.61 Å². The van der Waals surface area contributed by atoms with Crippen LogP contribution in [0.4, 0.5) is 0 Å². The quantitative estimate of drug-likeness (QED) is 0.320. The summed E-state index contributed by atoms with van der Waals surface area (Å²) in [5.74, 6) is 5.84. The van der Waals surface area contributed by atoms with Gasteiger partial charge in [0.2, 0.25) is 0 Å². The standard InChI is InChI=1S/C17H26O3/c1-4-6-7-8-9-11-15(3)12-16(13-18)14-20-17(19)10-5-2/h18H,4-8,10,13-14H2,1-3H3. The first-order chi connectivity index (χ1) is 9.63. The molecule has 0 aromatic rings. The predicted molar refractivity (Wildman–Crippen MR) is 81.1 cm³/mol. The number of carbonyl (C=O) groups excluding carboxylic acids is 1. The number of aliphatic hydroxyl groups excluding tert-OH is 1. The zero-order valence-electron chi connectivity index (χ0n) is 12.9. The van der Waals surface area contributed by atoms with Crippen molar-refractivity contribution in [2.45, 2.75) is 59.3 Å². The fourth-order valence-electron chi connectivity index (χ4n) is 1.52. The molecule has 112 valence electrons. The summed E-state index contributed by atoms with van der Waals surface area (Å²) in [6.07, 6.45) is 5.54. The summed E-state index contributed by atoms with van der Waals surface area (Å²) in [5, 5.41) is 9.21. The van der Waals surface area contributed by atoms with Gasteiger partial charge in [0.1, 0.15) is 6.61 Å². The summed E-state index contributed by atoms with van der Waals surface area (Å²) in [4.78, 5) is 11.2. The van der Waals surface area contributed by atoms with Crippen molar-refractivity contribution >= 4 is 5.97 Å². The minimum atomic E-state index is -0.247. The lowest BCUT2D eigenvalue weighted by Gasteiger charge is -2.03. The summed E-state index contributed by atoms with van der Waals surface area (Å²) in [6, 6.07) is 0. The normalized spacial score (nSPS) is 9.20. The number of carbonyl (C=O) groups is 1. The summed E-state index contributed by atoms with van der Waals surface area (Å²) >= 11 is 0. The number of hydrogen-bond donors (Lipinski definition) is 1. The van der Waals surface area contributed by atoms with E-state index in [2.05, 4.69) is 24.5 Å². The first-order valence-electron chi connectivity index (χ1n) is 7.34. The summed E-state index contributed by atoms with van der Waals surface area (Å²) in [6.45, 7) is 5.84. The molecular weight excluding hydrogens is 252 g/mol. The Balaban J connectivity index is 4.43. The van der Waals surface area contributed by atoms with E-state index in [1.807, 2.05) is 13.8 Å². The van der Waals surface area contributed by atoms with E-state index in [1.165, 1.54) is 12.8 Å². The average molecular weight is 278 g/mol. The SMILES string of the molecule is CCCCCC#CC(C)=C=C(CO)COC(=O)CCC. The first-order valence-corrected chi connectivity index (χ1v) is 7.34. The van der Waals surface area contributed by atoms with Crippen molar-refractivity contribution < 1.29 is 14.6 Å². The highest BCUT2D eigenvalue weighted by Gasteiger charge is 2.02. The van der Waals surface area contributed by atoms with Gasteiger partial charge < -0.3 is 9.84 Å². The minimum absolute atomic E-state index is 0.0875. The van der Waals surface area contributed by atoms with Crippen LogP contribution in [0.15, 0.2) is 16.9 Å². The Bertz CT molecular complexity index is 404. The molecule has 0 aromatic heterocycles. The summed E-state index contributed by atoms with van der Waals surface area (Å²) in [7, 11) is 0. The van der Waals surface area contributed by atoms with Gasteiger partial charge in [0, 0.05) is 24.0 Å². The highest BCUT2D eigenvalue weighted by Crippen LogP contribution is 2.00. The molecule has 0 amide bonds. The molecule has 0 aliphatic heterocycles. The van der Waals surface area contributed by atoms with Gasteiger partial charge in [-0.1, -0.05) is 38.5 Å². The molecule has 0 unspecified atom stereocenters. The second-order valence-corrected chi connectivity index (χ2v) is 4.68. The van der Waals surface area contributed by atoms with E-state index in [0.717, 1.165) is 24.8 Å². The second-order valence-electron chi connectivity index (χ2n) is 4.68. The molecule has 0 bridgehead atoms. The molecule has 0 spiro atoms. The topological polar surface area (TPSA) is 46.5 Å². The molecule has 0 atom stereocenters. The van der Waals surface area contributed by atoms with Crippen molar-refractivity contribution in [3.05, 3.63) is 16.9 Å². The van der Waals surface area contributed by atoms with Crippen LogP contribution < -0.4 is 0 Å². The number of rotatable bonds is 8. The molecule has 3 heteroatoms. The second kappa shape index (κ2) is 12.5. The third-order valence-corrected chi connectivity index (χ3v) is 2.60. The lowest BCUT2D eigenvalue weighted by molar-refractivity contribution is -0.142. The minimum Gasteiger partial charge on any atom is -0.460 e. The van der Waals surface area contributed by atoms with Crippen LogP contribution in [0.25, 0.3) is 0 Å². The number of hydrogen-bond acceptors (Lipinski definition) is 3. The van der Waals surface area contributed by atoms with Crippen LogP contribution in [0.1, 0.15) is 59.3 Å². The van der Waals surface area contributed by atoms with Crippen molar-refractivity contribution in [2.75, 3.05) is 13.2 Å². The van der Waals surface area contributed by atoms with Gasteiger partial charge >= 0.3 is 5.97 Å². The van der Waals surface area contributed by atoms with Crippen LogP contribution in [-0.4, -0.2) is 24.3 Å². The Hall–Kier alpha value is -1.49. The monoisotopic (exact) mass is 278 g/mol. The third-order valence-electron chi connectivity index (χ3n) is 2.60. The summed E-state index contributed by atoms with van der Waals surface area (Å²) < 4.78 is 5.03. The smallest absolute Gasteiger partial charge is 0.306 e. The van der Waals surface area contributed by atoms with Gasteiger partial charge in [-0.15, -0.1) is 5.73 Å². The van der Waals surface area contributed by atoms with Crippen LogP contribution in [0.3, 0.4) is 0 Å². The maximum Gasteiger partial charge on any atom is 0.306 e. The zero-order valence-corrected chi connectivity index (χ0v) is 12.9. The molecule has 20 heavy (non-hydrogen) atoms. The Morgan fingerprint density at radius 1 is 1.20 bits per heavy atom. The molecular formula is C17H26O3. The van der Waals surface area contributed by atoms with Gasteiger partial charge in [0.25, 0.3) is 0 Å². The summed E-state index contributed by atoms with van der Waals surface area (Å²) in [5.41, 5.74) is 4.30. The molecule has 0 saturated carbocycles. The number of esters is 1. The molecule has 0 saturated heterocycles. The fourth-order valence-corrected chi connectivity index (χ4v) is 1.52. The van der Waals surface area contributed by atoms with Gasteiger partial charge in [-0.2, -0.15) is 0 Å². The lowest BCUT2D eigenvalue weighted by atomic mass is 10.2. The zero-order chi connectivity index (χ0) is 15.2. The molecule has 0 radical (unpaired) electrons. The molecule has 0 aliphatic rings. The highest BCUT2D eigenvalue weighted by molar-refractivity contribution is 5.69. The van der Waals surface area contributed by atoms with E-state index in [1.54, 1.807) is 0 Å². The first kappa shape index (κ1) is 18.5. The molecule has 0 heterocycles. The van der Waals surface area contributed by atoms with E-state index >= 15 is 0 Å². The van der Waals surface area contributed by atoms with Gasteiger partial charge in [-0.25, -0.2) is 0 Å². The van der Waals surface area contributed by atoms with Crippen LogP contribution in [0.5, 0.6) is 0 Å². The van der Waals surface area contributed by atoms with E-state index < -0.39 is 0 Å². The van der Waals surface area contributed by atoms with Crippen LogP contribution in [0, 0.1) is 11.8 Å². The van der Waals surface area contributed by atoms with Crippen LogP contribution in [0.2, 0.25) is 0 Å². The highest BCUT2D eigenvalue weighted by atomic mass is 16.5. The molecule has 0 rings (SSSR count). The Labute approximate surface area is 122 Å². The van der Waals surface area contributed by atoms with Crippen molar-refractivity contribution in [1.82, 2.24) is 0 Å². The van der Waals surface area contributed by atoms with Crippen LogP contribution >= 0.6 is 0 Å². The van der Waals surface area contributed by atoms with Crippen molar-refractivity contribution in [3.63, 3.8) is 0 Å². The molecule has 0 aliphatic carbocycles. The van der Waals surface area contributed by atoms with E-state index in [-0.39, 0.29) is 19.2 Å². The van der Waals surface area contributed by atoms with E-state index in [4.69, 9.17) is 4.74 Å². The maximum atomic E-state index is 11.2. The van der Waals surface area contributed by atoms with Gasteiger partial charge in [0.15, 0.2) is 0 Å². The number of unbranched alkanes of at least 4 members (excludes halogenated alkanes) is 3. The van der Waals surface area contributed by atoms with E-state index in [0.29, 0.717) is 12.0 Å². The Morgan fingerprint density at radius 2 is 1.95 bits per heavy atom. The largest absolute Gasteiger partial charge is 0.460 e. The molecule has 0 aromatic carbocycles. The molecule has 0 fully saturated rings. The number of ether oxygens (including phenoxy) is 1. The Kier molecular flexibility index (Phi) is 11.6. The van der Waals surface area contributed by atoms with Gasteiger partial charge in [-0.05, 0) is 19.8 Å². The lowest BCUT2D eigenvalue weighted by Crippen LogP contribution is -2.08. The van der Waals surface area contributed by atoms with Crippen molar-refractivity contribution in [1.29, 1.82) is 0 Å². The number of aliphatic hydroxyl groups is 1. The fraction of sp³-hybridized carbons (Fsp3) is 0.647. The van der Waals surface area contributed by atoms with Crippen molar-refractivity contribution in [3.8, 4) is 11.8 Å². The van der Waals surface area contributed by atoms with Crippen molar-refractivity contribution in [2.24, 2.45) is 0 Å².